The minimum Gasteiger partial charge on any atom is -0.482 e. The predicted molar refractivity (Wildman–Crippen MR) is 82.3 cm³/mol. The Morgan fingerprint density at radius 1 is 1.26 bits per heavy atom. The summed E-state index contributed by atoms with van der Waals surface area (Å²) in [4.78, 5) is 34.2. The number of carbonyl (C=O) groups is 3. The summed E-state index contributed by atoms with van der Waals surface area (Å²) in [5.74, 6) is -0.939. The van der Waals surface area contributed by atoms with Gasteiger partial charge in [-0.15, -0.1) is 0 Å². The fourth-order valence-electron chi connectivity index (χ4n) is 1.65. The molecule has 1 aromatic carbocycles. The largest absolute Gasteiger partial charge is 0.482 e. The molecule has 1 fully saturated rings. The maximum Gasteiger partial charge on any atom is 0.344 e. The highest BCUT2D eigenvalue weighted by Gasteiger charge is 2.24. The van der Waals surface area contributed by atoms with Gasteiger partial charge < -0.3 is 14.8 Å². The number of imide groups is 1. The Morgan fingerprint density at radius 3 is 2.65 bits per heavy atom. The SMILES string of the molecule is Cc1cc(OCC(=O)OCC(=O)NC(=O)NC2CC2)ccc1Cl. The first-order valence-electron chi connectivity index (χ1n) is 7.09. The van der Waals surface area contributed by atoms with Gasteiger partial charge in [-0.2, -0.15) is 0 Å². The summed E-state index contributed by atoms with van der Waals surface area (Å²) in [7, 11) is 0. The van der Waals surface area contributed by atoms with Crippen LogP contribution in [-0.4, -0.2) is 37.2 Å². The van der Waals surface area contributed by atoms with E-state index in [1.807, 2.05) is 6.92 Å². The van der Waals surface area contributed by atoms with Gasteiger partial charge in [0, 0.05) is 11.1 Å². The van der Waals surface area contributed by atoms with Crippen molar-refractivity contribution in [2.24, 2.45) is 0 Å². The smallest absolute Gasteiger partial charge is 0.344 e. The van der Waals surface area contributed by atoms with Gasteiger partial charge in [0.25, 0.3) is 5.91 Å². The molecule has 2 N–H and O–H groups in total. The number of amides is 3. The first kappa shape index (κ1) is 17.1. The Labute approximate surface area is 138 Å². The summed E-state index contributed by atoms with van der Waals surface area (Å²) < 4.78 is 9.95. The summed E-state index contributed by atoms with van der Waals surface area (Å²) >= 11 is 5.88. The van der Waals surface area contributed by atoms with Crippen LogP contribution in [0.2, 0.25) is 5.02 Å². The number of benzene rings is 1. The number of urea groups is 1. The van der Waals surface area contributed by atoms with Crippen molar-refractivity contribution in [1.82, 2.24) is 10.6 Å². The molecule has 3 amide bonds. The minimum atomic E-state index is -0.713. The molecule has 0 unspecified atom stereocenters. The van der Waals surface area contributed by atoms with E-state index in [-0.39, 0.29) is 12.6 Å². The average molecular weight is 341 g/mol. The molecule has 1 aromatic rings. The van der Waals surface area contributed by atoms with Gasteiger partial charge in [-0.05, 0) is 43.5 Å². The molecule has 1 saturated carbocycles. The van der Waals surface area contributed by atoms with E-state index in [2.05, 4.69) is 10.6 Å². The van der Waals surface area contributed by atoms with Crippen LogP contribution in [0.15, 0.2) is 18.2 Å². The molecule has 124 valence electrons. The fraction of sp³-hybridized carbons (Fsp3) is 0.400. The third-order valence-electron chi connectivity index (χ3n) is 3.02. The van der Waals surface area contributed by atoms with Crippen LogP contribution in [0.3, 0.4) is 0 Å². The summed E-state index contributed by atoms with van der Waals surface area (Å²) in [5, 5.41) is 5.25. The third-order valence-corrected chi connectivity index (χ3v) is 3.44. The van der Waals surface area contributed by atoms with Crippen LogP contribution in [0.4, 0.5) is 4.79 Å². The highest BCUT2D eigenvalue weighted by molar-refractivity contribution is 6.31. The van der Waals surface area contributed by atoms with Crippen molar-refractivity contribution in [2.75, 3.05) is 13.2 Å². The van der Waals surface area contributed by atoms with E-state index in [0.717, 1.165) is 18.4 Å². The van der Waals surface area contributed by atoms with E-state index in [1.54, 1.807) is 18.2 Å². The molecule has 0 bridgehead atoms. The van der Waals surface area contributed by atoms with Gasteiger partial charge in [0.1, 0.15) is 5.75 Å². The number of rotatable bonds is 6. The van der Waals surface area contributed by atoms with Gasteiger partial charge in [0.05, 0.1) is 0 Å². The molecule has 23 heavy (non-hydrogen) atoms. The Morgan fingerprint density at radius 2 is 2.00 bits per heavy atom. The molecule has 1 aliphatic carbocycles. The lowest BCUT2D eigenvalue weighted by Crippen LogP contribution is -2.42. The maximum absolute atomic E-state index is 11.5. The molecule has 0 saturated heterocycles. The van der Waals surface area contributed by atoms with E-state index < -0.39 is 24.5 Å². The Bertz CT molecular complexity index is 616. The van der Waals surface area contributed by atoms with Crippen LogP contribution in [0, 0.1) is 6.92 Å². The fourth-order valence-corrected chi connectivity index (χ4v) is 1.77. The molecule has 0 radical (unpaired) electrons. The molecule has 0 atom stereocenters. The van der Waals surface area contributed by atoms with Crippen LogP contribution in [0.1, 0.15) is 18.4 Å². The number of ether oxygens (including phenoxy) is 2. The van der Waals surface area contributed by atoms with Crippen LogP contribution < -0.4 is 15.4 Å². The predicted octanol–water partition coefficient (Wildman–Crippen LogP) is 1.56. The van der Waals surface area contributed by atoms with Gasteiger partial charge in [0.15, 0.2) is 13.2 Å². The first-order chi connectivity index (χ1) is 10.9. The van der Waals surface area contributed by atoms with Crippen molar-refractivity contribution < 1.29 is 23.9 Å². The van der Waals surface area contributed by atoms with E-state index in [0.29, 0.717) is 10.8 Å². The Balaban J connectivity index is 1.64. The first-order valence-corrected chi connectivity index (χ1v) is 7.47. The Kier molecular flexibility index (Phi) is 5.81. The van der Waals surface area contributed by atoms with E-state index in [1.165, 1.54) is 0 Å². The van der Waals surface area contributed by atoms with Crippen molar-refractivity contribution in [3.8, 4) is 5.75 Å². The summed E-state index contributed by atoms with van der Waals surface area (Å²) in [5.41, 5.74) is 0.818. The second kappa shape index (κ2) is 7.82. The second-order valence-corrected chi connectivity index (χ2v) is 5.56. The summed E-state index contributed by atoms with van der Waals surface area (Å²) in [6.07, 6.45) is 1.83. The number of hydrogen-bond acceptors (Lipinski definition) is 5. The van der Waals surface area contributed by atoms with Crippen molar-refractivity contribution in [2.45, 2.75) is 25.8 Å². The number of esters is 1. The lowest BCUT2D eigenvalue weighted by atomic mass is 10.2. The normalized spacial score (nSPS) is 13.1. The summed E-state index contributed by atoms with van der Waals surface area (Å²) in [6.45, 7) is 0.924. The average Bonchev–Trinajstić information content (AvgIpc) is 3.30. The van der Waals surface area contributed by atoms with Crippen LogP contribution >= 0.6 is 11.6 Å². The standard InChI is InChI=1S/C15H17ClN2O5/c1-9-6-11(4-5-12(9)16)22-8-14(20)23-7-13(19)18-15(21)17-10-2-3-10/h4-6,10H,2-3,7-8H2,1H3,(H2,17,18,19,21). The molecular weight excluding hydrogens is 324 g/mol. The molecule has 1 aliphatic rings. The highest BCUT2D eigenvalue weighted by atomic mass is 35.5. The minimum absolute atomic E-state index is 0.140. The molecule has 0 aromatic heterocycles. The van der Waals surface area contributed by atoms with Gasteiger partial charge >= 0.3 is 12.0 Å². The molecule has 8 heteroatoms. The number of carbonyl (C=O) groups excluding carboxylic acids is 3. The highest BCUT2D eigenvalue weighted by Crippen LogP contribution is 2.21. The molecule has 0 heterocycles. The molecule has 0 spiro atoms. The Hall–Kier alpha value is -2.28. The zero-order valence-corrected chi connectivity index (χ0v) is 13.3. The number of halogens is 1. The van der Waals surface area contributed by atoms with Crippen molar-refractivity contribution >= 4 is 29.5 Å². The van der Waals surface area contributed by atoms with E-state index in [9.17, 15) is 14.4 Å². The lowest BCUT2D eigenvalue weighted by Gasteiger charge is -2.08. The van der Waals surface area contributed by atoms with Crippen molar-refractivity contribution in [3.05, 3.63) is 28.8 Å². The topological polar surface area (TPSA) is 93.7 Å². The second-order valence-electron chi connectivity index (χ2n) is 5.16. The van der Waals surface area contributed by atoms with E-state index >= 15 is 0 Å². The lowest BCUT2D eigenvalue weighted by molar-refractivity contribution is -0.150. The van der Waals surface area contributed by atoms with Gasteiger partial charge in [-0.25, -0.2) is 9.59 Å². The van der Waals surface area contributed by atoms with Gasteiger partial charge in [-0.3, -0.25) is 10.1 Å². The number of nitrogens with one attached hydrogen (secondary N) is 2. The van der Waals surface area contributed by atoms with Crippen molar-refractivity contribution in [1.29, 1.82) is 0 Å². The maximum atomic E-state index is 11.5. The molecule has 2 rings (SSSR count). The third kappa shape index (κ3) is 6.15. The zero-order valence-electron chi connectivity index (χ0n) is 12.6. The monoisotopic (exact) mass is 340 g/mol. The van der Waals surface area contributed by atoms with Gasteiger partial charge in [-0.1, -0.05) is 11.6 Å². The van der Waals surface area contributed by atoms with Crippen LogP contribution in [0.5, 0.6) is 5.75 Å². The molecule has 0 aliphatic heterocycles. The summed E-state index contributed by atoms with van der Waals surface area (Å²) in [6, 6.07) is 4.52. The van der Waals surface area contributed by atoms with Crippen LogP contribution in [0.25, 0.3) is 0 Å². The molecular formula is C15H17ClN2O5. The van der Waals surface area contributed by atoms with Crippen LogP contribution in [-0.2, 0) is 14.3 Å². The van der Waals surface area contributed by atoms with E-state index in [4.69, 9.17) is 21.1 Å². The van der Waals surface area contributed by atoms with Gasteiger partial charge in [0.2, 0.25) is 0 Å². The molecule has 7 nitrogen and oxygen atoms in total. The number of aryl methyl sites for hydroxylation is 1. The number of hydrogen-bond donors (Lipinski definition) is 2. The zero-order chi connectivity index (χ0) is 16.8. The quantitative estimate of drug-likeness (QED) is 0.766. The van der Waals surface area contributed by atoms with Crippen molar-refractivity contribution in [3.63, 3.8) is 0 Å².